The molecule has 1 saturated heterocycles. The van der Waals surface area contributed by atoms with E-state index in [1.54, 1.807) is 11.1 Å². The van der Waals surface area contributed by atoms with Crippen LogP contribution in [-0.4, -0.2) is 35.7 Å². The number of ether oxygens (including phenoxy) is 2. The fraction of sp³-hybridized carbons (Fsp3) is 0.368. The molecule has 2 aromatic rings. The molecule has 0 aliphatic carbocycles. The summed E-state index contributed by atoms with van der Waals surface area (Å²) in [7, 11) is 0. The van der Waals surface area contributed by atoms with Crippen molar-refractivity contribution >= 4 is 28.7 Å². The van der Waals surface area contributed by atoms with Crippen LogP contribution in [0.5, 0.6) is 5.88 Å². The van der Waals surface area contributed by atoms with Crippen molar-refractivity contribution in [2.75, 3.05) is 19.7 Å². The minimum atomic E-state index is -0.249. The van der Waals surface area contributed by atoms with E-state index in [-0.39, 0.29) is 6.09 Å². The average molecular weight is 452 g/mol. The number of benzene rings is 1. The second kappa shape index (κ2) is 9.03. The number of halogens is 1. The van der Waals surface area contributed by atoms with E-state index < -0.39 is 0 Å². The highest BCUT2D eigenvalue weighted by Gasteiger charge is 2.25. The SMILES string of the molecule is O=C(OCc1ccccc1)N1CCCC(COc2ccc(I)cn2)C1. The van der Waals surface area contributed by atoms with Crippen molar-refractivity contribution < 1.29 is 14.3 Å². The molecule has 1 aromatic heterocycles. The first-order valence-corrected chi connectivity index (χ1v) is 9.48. The maximum atomic E-state index is 12.3. The summed E-state index contributed by atoms with van der Waals surface area (Å²) in [4.78, 5) is 18.3. The van der Waals surface area contributed by atoms with Crippen molar-refractivity contribution in [1.29, 1.82) is 0 Å². The Hall–Kier alpha value is -1.83. The lowest BCUT2D eigenvalue weighted by Gasteiger charge is -2.31. The molecule has 1 fully saturated rings. The normalized spacial score (nSPS) is 17.2. The fourth-order valence-corrected chi connectivity index (χ4v) is 3.15. The van der Waals surface area contributed by atoms with Crippen LogP contribution in [0.2, 0.25) is 0 Å². The van der Waals surface area contributed by atoms with E-state index in [1.807, 2.05) is 42.5 Å². The van der Waals surface area contributed by atoms with E-state index >= 15 is 0 Å². The van der Waals surface area contributed by atoms with Gasteiger partial charge in [-0.15, -0.1) is 0 Å². The van der Waals surface area contributed by atoms with Gasteiger partial charge in [-0.05, 0) is 47.1 Å². The molecule has 6 heteroatoms. The second-order valence-electron chi connectivity index (χ2n) is 6.12. The number of nitrogens with zero attached hydrogens (tertiary/aromatic N) is 2. The zero-order valence-corrected chi connectivity index (χ0v) is 16.1. The lowest BCUT2D eigenvalue weighted by Crippen LogP contribution is -2.41. The summed E-state index contributed by atoms with van der Waals surface area (Å²) >= 11 is 2.21. The van der Waals surface area contributed by atoms with Crippen molar-refractivity contribution in [3.8, 4) is 5.88 Å². The van der Waals surface area contributed by atoms with Crippen LogP contribution >= 0.6 is 22.6 Å². The van der Waals surface area contributed by atoms with Crippen LogP contribution < -0.4 is 4.74 Å². The van der Waals surface area contributed by atoms with Crippen LogP contribution in [0.15, 0.2) is 48.7 Å². The predicted octanol–water partition coefficient (Wildman–Crippen LogP) is 4.11. The first-order chi connectivity index (χ1) is 12.2. The Kier molecular flexibility index (Phi) is 6.49. The van der Waals surface area contributed by atoms with E-state index in [4.69, 9.17) is 9.47 Å². The highest BCUT2D eigenvalue weighted by Crippen LogP contribution is 2.19. The molecule has 3 rings (SSSR count). The molecule has 1 aromatic carbocycles. The van der Waals surface area contributed by atoms with Gasteiger partial charge in [0.1, 0.15) is 6.61 Å². The van der Waals surface area contributed by atoms with Gasteiger partial charge < -0.3 is 14.4 Å². The smallest absolute Gasteiger partial charge is 0.410 e. The van der Waals surface area contributed by atoms with E-state index in [0.29, 0.717) is 31.6 Å². The Morgan fingerprint density at radius 2 is 2.08 bits per heavy atom. The van der Waals surface area contributed by atoms with Gasteiger partial charge in [-0.3, -0.25) is 0 Å². The third kappa shape index (κ3) is 5.59. The van der Waals surface area contributed by atoms with Crippen molar-refractivity contribution in [3.63, 3.8) is 0 Å². The average Bonchev–Trinajstić information content (AvgIpc) is 2.67. The van der Waals surface area contributed by atoms with Crippen molar-refractivity contribution in [3.05, 3.63) is 57.8 Å². The maximum absolute atomic E-state index is 12.3. The predicted molar refractivity (Wildman–Crippen MR) is 103 cm³/mol. The molecule has 0 bridgehead atoms. The first-order valence-electron chi connectivity index (χ1n) is 8.40. The number of hydrogen-bond donors (Lipinski definition) is 0. The molecule has 1 aliphatic heterocycles. The summed E-state index contributed by atoms with van der Waals surface area (Å²) in [6.45, 7) is 2.28. The Labute approximate surface area is 161 Å². The van der Waals surface area contributed by atoms with Gasteiger partial charge in [-0.1, -0.05) is 30.3 Å². The molecule has 1 atom stereocenters. The number of carbonyl (C=O) groups is 1. The lowest BCUT2D eigenvalue weighted by molar-refractivity contribution is 0.0706. The molecular formula is C19H21IN2O3. The largest absolute Gasteiger partial charge is 0.477 e. The number of amides is 1. The quantitative estimate of drug-likeness (QED) is 0.641. The fourth-order valence-electron chi connectivity index (χ4n) is 2.83. The Morgan fingerprint density at radius 1 is 1.24 bits per heavy atom. The molecule has 132 valence electrons. The van der Waals surface area contributed by atoms with E-state index in [0.717, 1.165) is 28.5 Å². The molecular weight excluding hydrogens is 431 g/mol. The molecule has 0 spiro atoms. The summed E-state index contributed by atoms with van der Waals surface area (Å²) in [5.74, 6) is 0.934. The Balaban J connectivity index is 1.45. The molecule has 0 radical (unpaired) electrons. The number of hydrogen-bond acceptors (Lipinski definition) is 4. The third-order valence-electron chi connectivity index (χ3n) is 4.15. The monoisotopic (exact) mass is 452 g/mol. The van der Waals surface area contributed by atoms with E-state index in [2.05, 4.69) is 27.6 Å². The zero-order chi connectivity index (χ0) is 17.5. The highest BCUT2D eigenvalue weighted by molar-refractivity contribution is 14.1. The second-order valence-corrected chi connectivity index (χ2v) is 7.37. The van der Waals surface area contributed by atoms with Crippen LogP contribution in [-0.2, 0) is 11.3 Å². The van der Waals surface area contributed by atoms with Crippen molar-refractivity contribution in [1.82, 2.24) is 9.88 Å². The molecule has 2 heterocycles. The van der Waals surface area contributed by atoms with Gasteiger partial charge in [0, 0.05) is 34.8 Å². The summed E-state index contributed by atoms with van der Waals surface area (Å²) in [6, 6.07) is 13.6. The summed E-state index contributed by atoms with van der Waals surface area (Å²) < 4.78 is 12.3. The van der Waals surface area contributed by atoms with Crippen molar-refractivity contribution in [2.24, 2.45) is 5.92 Å². The molecule has 0 saturated carbocycles. The molecule has 1 amide bonds. The minimum Gasteiger partial charge on any atom is -0.477 e. The van der Waals surface area contributed by atoms with Crippen molar-refractivity contribution in [2.45, 2.75) is 19.4 Å². The standard InChI is InChI=1S/C19H21IN2O3/c20-17-8-9-18(21-11-17)24-14-16-7-4-10-22(12-16)19(23)25-13-15-5-2-1-3-6-15/h1-3,5-6,8-9,11,16H,4,7,10,12-14H2. The Bertz CT molecular complexity index is 679. The lowest BCUT2D eigenvalue weighted by atomic mass is 9.99. The zero-order valence-electron chi connectivity index (χ0n) is 13.9. The van der Waals surface area contributed by atoms with Crippen LogP contribution in [0, 0.1) is 9.49 Å². The van der Waals surface area contributed by atoms with Crippen LogP contribution in [0.4, 0.5) is 4.79 Å². The topological polar surface area (TPSA) is 51.7 Å². The number of likely N-dealkylation sites (tertiary alicyclic amines) is 1. The van der Waals surface area contributed by atoms with Gasteiger partial charge >= 0.3 is 6.09 Å². The van der Waals surface area contributed by atoms with E-state index in [9.17, 15) is 4.79 Å². The van der Waals surface area contributed by atoms with Gasteiger partial charge in [-0.2, -0.15) is 0 Å². The number of carbonyl (C=O) groups excluding carboxylic acids is 1. The first kappa shape index (κ1) is 18.0. The highest BCUT2D eigenvalue weighted by atomic mass is 127. The van der Waals surface area contributed by atoms with Gasteiger partial charge in [0.2, 0.25) is 5.88 Å². The third-order valence-corrected chi connectivity index (χ3v) is 4.79. The van der Waals surface area contributed by atoms with Crippen LogP contribution in [0.25, 0.3) is 0 Å². The summed E-state index contributed by atoms with van der Waals surface area (Å²) in [6.07, 6.45) is 3.55. The van der Waals surface area contributed by atoms with E-state index in [1.165, 1.54) is 0 Å². The van der Waals surface area contributed by atoms with Crippen LogP contribution in [0.1, 0.15) is 18.4 Å². The number of aromatic nitrogens is 1. The molecule has 5 nitrogen and oxygen atoms in total. The van der Waals surface area contributed by atoms with Gasteiger partial charge in [-0.25, -0.2) is 9.78 Å². The number of rotatable bonds is 5. The van der Waals surface area contributed by atoms with Crippen LogP contribution in [0.3, 0.4) is 0 Å². The molecule has 25 heavy (non-hydrogen) atoms. The summed E-state index contributed by atoms with van der Waals surface area (Å²) in [5, 5.41) is 0. The van der Waals surface area contributed by atoms with Gasteiger partial charge in [0.15, 0.2) is 0 Å². The molecule has 0 N–H and O–H groups in total. The minimum absolute atomic E-state index is 0.249. The number of pyridine rings is 1. The van der Waals surface area contributed by atoms with Gasteiger partial charge in [0.25, 0.3) is 0 Å². The van der Waals surface area contributed by atoms with Gasteiger partial charge in [0.05, 0.1) is 6.61 Å². The molecule has 1 unspecified atom stereocenters. The number of piperidine rings is 1. The maximum Gasteiger partial charge on any atom is 0.410 e. The Morgan fingerprint density at radius 3 is 2.84 bits per heavy atom. The summed E-state index contributed by atoms with van der Waals surface area (Å²) in [5.41, 5.74) is 0.998. The molecule has 1 aliphatic rings.